The van der Waals surface area contributed by atoms with E-state index in [1.807, 2.05) is 6.92 Å². The Balaban J connectivity index is 2.23. The van der Waals surface area contributed by atoms with Crippen molar-refractivity contribution in [2.45, 2.75) is 6.92 Å². The van der Waals surface area contributed by atoms with Crippen LogP contribution in [0.1, 0.15) is 17.3 Å². The number of carbonyl (C=O) groups is 1. The van der Waals surface area contributed by atoms with Gasteiger partial charge >= 0.3 is 0 Å². The molecule has 0 radical (unpaired) electrons. The van der Waals surface area contributed by atoms with Crippen molar-refractivity contribution in [3.8, 4) is 17.2 Å². The second-order valence-corrected chi connectivity index (χ2v) is 4.08. The lowest BCUT2D eigenvalue weighted by atomic mass is 10.1. The van der Waals surface area contributed by atoms with Gasteiger partial charge in [0, 0.05) is 6.07 Å². The zero-order chi connectivity index (χ0) is 14.5. The van der Waals surface area contributed by atoms with Gasteiger partial charge in [-0.15, -0.1) is 0 Å². The maximum Gasteiger partial charge on any atom is 0.259 e. The van der Waals surface area contributed by atoms with Gasteiger partial charge in [-0.3, -0.25) is 4.79 Å². The van der Waals surface area contributed by atoms with Crippen LogP contribution in [-0.4, -0.2) is 22.7 Å². The van der Waals surface area contributed by atoms with Crippen molar-refractivity contribution in [3.63, 3.8) is 0 Å². The van der Waals surface area contributed by atoms with E-state index in [1.54, 1.807) is 24.3 Å². The summed E-state index contributed by atoms with van der Waals surface area (Å²) in [5, 5.41) is 21.5. The molecule has 1 amide bonds. The van der Waals surface area contributed by atoms with Crippen LogP contribution in [0.5, 0.6) is 17.2 Å². The molecule has 20 heavy (non-hydrogen) atoms. The van der Waals surface area contributed by atoms with Gasteiger partial charge in [0.05, 0.1) is 17.9 Å². The Labute approximate surface area is 116 Å². The number of aromatic hydroxyl groups is 2. The smallest absolute Gasteiger partial charge is 0.259 e. The molecule has 0 aliphatic rings. The van der Waals surface area contributed by atoms with Crippen molar-refractivity contribution in [1.29, 1.82) is 0 Å². The number of benzene rings is 2. The minimum Gasteiger partial charge on any atom is -0.508 e. The number of phenols is 2. The summed E-state index contributed by atoms with van der Waals surface area (Å²) < 4.78 is 5.41. The lowest BCUT2D eigenvalue weighted by Gasteiger charge is -2.11. The molecular formula is C15H15NO4. The van der Waals surface area contributed by atoms with Gasteiger partial charge in [0.25, 0.3) is 5.91 Å². The quantitative estimate of drug-likeness (QED) is 0.800. The molecule has 2 aromatic rings. The van der Waals surface area contributed by atoms with Crippen molar-refractivity contribution in [3.05, 3.63) is 48.0 Å². The van der Waals surface area contributed by atoms with E-state index in [4.69, 9.17) is 4.74 Å². The van der Waals surface area contributed by atoms with Crippen LogP contribution in [0.4, 0.5) is 5.69 Å². The van der Waals surface area contributed by atoms with Crippen LogP contribution < -0.4 is 10.1 Å². The Bertz CT molecular complexity index is 625. The Morgan fingerprint density at radius 2 is 1.95 bits per heavy atom. The van der Waals surface area contributed by atoms with Crippen molar-refractivity contribution >= 4 is 11.6 Å². The number of anilines is 1. The third-order valence-electron chi connectivity index (χ3n) is 2.66. The van der Waals surface area contributed by atoms with Crippen molar-refractivity contribution in [1.82, 2.24) is 0 Å². The summed E-state index contributed by atoms with van der Waals surface area (Å²) in [7, 11) is 0. The summed E-state index contributed by atoms with van der Waals surface area (Å²) >= 11 is 0. The van der Waals surface area contributed by atoms with Crippen molar-refractivity contribution in [2.75, 3.05) is 11.9 Å². The SMILES string of the molecule is CCOc1ccccc1NC(=O)c1ccc(O)cc1O. The number of amides is 1. The zero-order valence-corrected chi connectivity index (χ0v) is 11.0. The molecule has 0 spiro atoms. The van der Waals surface area contributed by atoms with Gasteiger partial charge in [-0.2, -0.15) is 0 Å². The topological polar surface area (TPSA) is 78.8 Å². The number of para-hydroxylation sites is 2. The van der Waals surface area contributed by atoms with Crippen LogP contribution in [0.25, 0.3) is 0 Å². The fraction of sp³-hybridized carbons (Fsp3) is 0.133. The molecule has 104 valence electrons. The Kier molecular flexibility index (Phi) is 4.10. The number of ether oxygens (including phenoxy) is 1. The molecular weight excluding hydrogens is 258 g/mol. The molecule has 2 aromatic carbocycles. The zero-order valence-electron chi connectivity index (χ0n) is 11.0. The van der Waals surface area contributed by atoms with Gasteiger partial charge in [-0.25, -0.2) is 0 Å². The Morgan fingerprint density at radius 1 is 1.20 bits per heavy atom. The van der Waals surface area contributed by atoms with Gasteiger partial charge in [0.2, 0.25) is 0 Å². The molecule has 0 aromatic heterocycles. The molecule has 0 saturated heterocycles. The number of hydrogen-bond acceptors (Lipinski definition) is 4. The number of phenolic OH excluding ortho intramolecular Hbond substituents is 2. The Morgan fingerprint density at radius 3 is 2.65 bits per heavy atom. The molecule has 0 aliphatic carbocycles. The summed E-state index contributed by atoms with van der Waals surface area (Å²) in [6.45, 7) is 2.34. The van der Waals surface area contributed by atoms with E-state index in [-0.39, 0.29) is 17.1 Å². The molecule has 0 bridgehead atoms. The number of carbonyl (C=O) groups excluding carboxylic acids is 1. The van der Waals surface area contributed by atoms with E-state index >= 15 is 0 Å². The van der Waals surface area contributed by atoms with Crippen LogP contribution in [0.3, 0.4) is 0 Å². The van der Waals surface area contributed by atoms with Crippen LogP contribution in [0.15, 0.2) is 42.5 Å². The summed E-state index contributed by atoms with van der Waals surface area (Å²) in [6.07, 6.45) is 0. The number of rotatable bonds is 4. The van der Waals surface area contributed by atoms with E-state index in [0.29, 0.717) is 18.0 Å². The molecule has 3 N–H and O–H groups in total. The molecule has 2 rings (SSSR count). The van der Waals surface area contributed by atoms with Gasteiger partial charge in [0.15, 0.2) is 0 Å². The lowest BCUT2D eigenvalue weighted by Crippen LogP contribution is -2.13. The third kappa shape index (κ3) is 3.00. The highest BCUT2D eigenvalue weighted by molar-refractivity contribution is 6.06. The lowest BCUT2D eigenvalue weighted by molar-refractivity contribution is 0.102. The summed E-state index contributed by atoms with van der Waals surface area (Å²) in [5.74, 6) is -0.304. The maximum atomic E-state index is 12.1. The van der Waals surface area contributed by atoms with Crippen molar-refractivity contribution in [2.24, 2.45) is 0 Å². The monoisotopic (exact) mass is 273 g/mol. The predicted octanol–water partition coefficient (Wildman–Crippen LogP) is 2.75. The van der Waals surface area contributed by atoms with Gasteiger partial charge in [-0.1, -0.05) is 12.1 Å². The summed E-state index contributed by atoms with van der Waals surface area (Å²) in [6, 6.07) is 10.8. The molecule has 0 fully saturated rings. The van der Waals surface area contributed by atoms with Crippen LogP contribution in [0, 0.1) is 0 Å². The first kappa shape index (κ1) is 13.7. The minimum atomic E-state index is -0.477. The summed E-state index contributed by atoms with van der Waals surface area (Å²) in [5.41, 5.74) is 0.598. The third-order valence-corrected chi connectivity index (χ3v) is 2.66. The van der Waals surface area contributed by atoms with Gasteiger partial charge in [-0.05, 0) is 31.2 Å². The fourth-order valence-corrected chi connectivity index (χ4v) is 1.75. The molecule has 0 unspecified atom stereocenters. The van der Waals surface area contributed by atoms with Gasteiger partial charge < -0.3 is 20.3 Å². The molecule has 0 atom stereocenters. The molecule has 0 saturated carbocycles. The average molecular weight is 273 g/mol. The minimum absolute atomic E-state index is 0.0779. The first-order valence-electron chi connectivity index (χ1n) is 6.17. The first-order valence-corrected chi connectivity index (χ1v) is 6.17. The maximum absolute atomic E-state index is 12.1. The van der Waals surface area contributed by atoms with E-state index in [2.05, 4.69) is 5.32 Å². The van der Waals surface area contributed by atoms with E-state index in [1.165, 1.54) is 12.1 Å². The summed E-state index contributed by atoms with van der Waals surface area (Å²) in [4.78, 5) is 12.1. The van der Waals surface area contributed by atoms with E-state index < -0.39 is 5.91 Å². The highest BCUT2D eigenvalue weighted by Crippen LogP contribution is 2.27. The van der Waals surface area contributed by atoms with E-state index in [0.717, 1.165) is 6.07 Å². The standard InChI is InChI=1S/C15H15NO4/c1-2-20-14-6-4-3-5-12(14)16-15(19)11-8-7-10(17)9-13(11)18/h3-9,17-18H,2H2,1H3,(H,16,19). The van der Waals surface area contributed by atoms with Crippen LogP contribution in [0.2, 0.25) is 0 Å². The first-order chi connectivity index (χ1) is 9.61. The van der Waals surface area contributed by atoms with Gasteiger partial charge in [0.1, 0.15) is 17.2 Å². The average Bonchev–Trinajstić information content (AvgIpc) is 2.41. The van der Waals surface area contributed by atoms with Crippen LogP contribution in [-0.2, 0) is 0 Å². The Hall–Kier alpha value is -2.69. The fourth-order valence-electron chi connectivity index (χ4n) is 1.75. The van der Waals surface area contributed by atoms with Crippen molar-refractivity contribution < 1.29 is 19.7 Å². The number of nitrogens with one attached hydrogen (secondary N) is 1. The van der Waals surface area contributed by atoms with Crippen LogP contribution >= 0.6 is 0 Å². The second kappa shape index (κ2) is 5.97. The molecule has 0 aliphatic heterocycles. The second-order valence-electron chi connectivity index (χ2n) is 4.08. The number of hydrogen-bond donors (Lipinski definition) is 3. The molecule has 0 heterocycles. The van der Waals surface area contributed by atoms with E-state index in [9.17, 15) is 15.0 Å². The molecule has 5 heteroatoms. The highest BCUT2D eigenvalue weighted by Gasteiger charge is 2.13. The normalized spacial score (nSPS) is 10.1. The largest absolute Gasteiger partial charge is 0.508 e. The predicted molar refractivity (Wildman–Crippen MR) is 75.3 cm³/mol. The highest BCUT2D eigenvalue weighted by atomic mass is 16.5. The molecule has 5 nitrogen and oxygen atoms in total.